The molecule has 1 aromatic carbocycles. The third-order valence-corrected chi connectivity index (χ3v) is 4.18. The summed E-state index contributed by atoms with van der Waals surface area (Å²) in [5, 5.41) is 13.4. The van der Waals surface area contributed by atoms with Crippen molar-refractivity contribution >= 4 is 0 Å². The average Bonchev–Trinajstić information content (AvgIpc) is 2.92. The first-order valence-electron chi connectivity index (χ1n) is 7.31. The van der Waals surface area contributed by atoms with Crippen LogP contribution >= 0.6 is 0 Å². The summed E-state index contributed by atoms with van der Waals surface area (Å²) in [5.74, 6) is 2.03. The predicted octanol–water partition coefficient (Wildman–Crippen LogP) is 3.63. The first-order valence-corrected chi connectivity index (χ1v) is 7.31. The molecular weight excluding hydrogens is 238 g/mol. The highest BCUT2D eigenvalue weighted by molar-refractivity contribution is 5.41. The molecule has 0 radical (unpaired) electrons. The van der Waals surface area contributed by atoms with Crippen LogP contribution in [0.2, 0.25) is 0 Å². The van der Waals surface area contributed by atoms with E-state index >= 15 is 0 Å². The molecule has 0 aromatic heterocycles. The maximum atomic E-state index is 9.92. The second-order valence-electron chi connectivity index (χ2n) is 5.54. The zero-order valence-electron chi connectivity index (χ0n) is 12.0. The first-order chi connectivity index (χ1) is 9.20. The van der Waals surface area contributed by atoms with E-state index in [9.17, 15) is 5.11 Å². The summed E-state index contributed by atoms with van der Waals surface area (Å²) in [5.41, 5.74) is 0.908. The molecule has 1 saturated carbocycles. The zero-order valence-corrected chi connectivity index (χ0v) is 12.0. The molecule has 0 amide bonds. The lowest BCUT2D eigenvalue weighted by Gasteiger charge is -2.18. The van der Waals surface area contributed by atoms with Gasteiger partial charge in [-0.1, -0.05) is 25.7 Å². The SMILES string of the molecule is COc1ccc(O)c(C(C)NCCC2CCCC2)c1. The molecule has 1 atom stereocenters. The lowest BCUT2D eigenvalue weighted by molar-refractivity contribution is 0.405. The summed E-state index contributed by atoms with van der Waals surface area (Å²) in [7, 11) is 1.65. The van der Waals surface area contributed by atoms with Crippen LogP contribution in [0.5, 0.6) is 11.5 Å². The molecule has 2 rings (SSSR count). The molecule has 0 spiro atoms. The lowest BCUT2D eigenvalue weighted by atomic mass is 10.0. The van der Waals surface area contributed by atoms with Gasteiger partial charge < -0.3 is 15.2 Å². The van der Waals surface area contributed by atoms with Crippen molar-refractivity contribution in [2.45, 2.75) is 45.1 Å². The molecule has 3 nitrogen and oxygen atoms in total. The number of hydrogen-bond acceptors (Lipinski definition) is 3. The largest absolute Gasteiger partial charge is 0.508 e. The number of ether oxygens (including phenoxy) is 1. The molecular formula is C16H25NO2. The number of phenolic OH excluding ortho intramolecular Hbond substituents is 1. The number of nitrogens with one attached hydrogen (secondary N) is 1. The summed E-state index contributed by atoms with van der Waals surface area (Å²) < 4.78 is 5.21. The third-order valence-electron chi connectivity index (χ3n) is 4.18. The van der Waals surface area contributed by atoms with E-state index in [1.54, 1.807) is 19.2 Å². The van der Waals surface area contributed by atoms with Crippen molar-refractivity contribution in [1.82, 2.24) is 5.32 Å². The van der Waals surface area contributed by atoms with Gasteiger partial charge in [0.2, 0.25) is 0 Å². The smallest absolute Gasteiger partial charge is 0.120 e. The van der Waals surface area contributed by atoms with Gasteiger partial charge in [0, 0.05) is 11.6 Å². The molecule has 1 aromatic rings. The van der Waals surface area contributed by atoms with Gasteiger partial charge in [-0.05, 0) is 44.0 Å². The van der Waals surface area contributed by atoms with Gasteiger partial charge in [-0.2, -0.15) is 0 Å². The Hall–Kier alpha value is -1.22. The first kappa shape index (κ1) is 14.2. The summed E-state index contributed by atoms with van der Waals surface area (Å²) in [4.78, 5) is 0. The summed E-state index contributed by atoms with van der Waals surface area (Å²) in [6, 6.07) is 5.53. The Morgan fingerprint density at radius 2 is 2.11 bits per heavy atom. The van der Waals surface area contributed by atoms with Crippen LogP contribution in [-0.2, 0) is 0 Å². The van der Waals surface area contributed by atoms with Gasteiger partial charge in [0.1, 0.15) is 11.5 Å². The van der Waals surface area contributed by atoms with E-state index in [4.69, 9.17) is 4.74 Å². The monoisotopic (exact) mass is 263 g/mol. The summed E-state index contributed by atoms with van der Waals surface area (Å²) >= 11 is 0. The number of phenols is 1. The maximum absolute atomic E-state index is 9.92. The fraction of sp³-hybridized carbons (Fsp3) is 0.625. The molecule has 1 aliphatic rings. The molecule has 3 heteroatoms. The van der Waals surface area contributed by atoms with Gasteiger partial charge in [-0.25, -0.2) is 0 Å². The number of benzene rings is 1. The highest BCUT2D eigenvalue weighted by Gasteiger charge is 2.16. The number of hydrogen-bond donors (Lipinski definition) is 2. The number of methoxy groups -OCH3 is 1. The standard InChI is InChI=1S/C16H25NO2/c1-12(17-10-9-13-5-3-4-6-13)15-11-14(19-2)7-8-16(15)18/h7-8,11-13,17-18H,3-6,9-10H2,1-2H3. The van der Waals surface area contributed by atoms with Gasteiger partial charge in [0.25, 0.3) is 0 Å². The summed E-state index contributed by atoms with van der Waals surface area (Å²) in [6.07, 6.45) is 6.82. The van der Waals surface area contributed by atoms with Crippen LogP contribution in [0.15, 0.2) is 18.2 Å². The minimum atomic E-state index is 0.150. The normalized spacial score (nSPS) is 17.6. The Morgan fingerprint density at radius 1 is 1.37 bits per heavy atom. The predicted molar refractivity (Wildman–Crippen MR) is 77.7 cm³/mol. The third kappa shape index (κ3) is 3.87. The molecule has 0 bridgehead atoms. The van der Waals surface area contributed by atoms with Crippen molar-refractivity contribution in [3.05, 3.63) is 23.8 Å². The molecule has 1 aliphatic carbocycles. The van der Waals surface area contributed by atoms with Gasteiger partial charge in [-0.3, -0.25) is 0 Å². The lowest BCUT2D eigenvalue weighted by Crippen LogP contribution is -2.21. The van der Waals surface area contributed by atoms with E-state index in [2.05, 4.69) is 12.2 Å². The Labute approximate surface area is 116 Å². The van der Waals surface area contributed by atoms with E-state index in [0.717, 1.165) is 23.8 Å². The van der Waals surface area contributed by atoms with Crippen LogP contribution in [-0.4, -0.2) is 18.8 Å². The van der Waals surface area contributed by atoms with E-state index in [-0.39, 0.29) is 6.04 Å². The molecule has 106 valence electrons. The molecule has 0 saturated heterocycles. The van der Waals surface area contributed by atoms with Gasteiger partial charge in [0.15, 0.2) is 0 Å². The molecule has 0 aliphatic heterocycles. The Morgan fingerprint density at radius 3 is 2.79 bits per heavy atom. The second kappa shape index (κ2) is 6.80. The Kier molecular flexibility index (Phi) is 5.08. The highest BCUT2D eigenvalue weighted by Crippen LogP contribution is 2.29. The Balaban J connectivity index is 1.86. The fourth-order valence-corrected chi connectivity index (χ4v) is 2.92. The summed E-state index contributed by atoms with van der Waals surface area (Å²) in [6.45, 7) is 3.10. The maximum Gasteiger partial charge on any atom is 0.120 e. The van der Waals surface area contributed by atoms with Crippen LogP contribution in [0.1, 0.15) is 50.6 Å². The molecule has 1 unspecified atom stereocenters. The molecule has 19 heavy (non-hydrogen) atoms. The molecule has 2 N–H and O–H groups in total. The fourth-order valence-electron chi connectivity index (χ4n) is 2.92. The minimum absolute atomic E-state index is 0.150. The van der Waals surface area contributed by atoms with Gasteiger partial charge >= 0.3 is 0 Å². The van der Waals surface area contributed by atoms with Crippen molar-refractivity contribution in [3.8, 4) is 11.5 Å². The molecule has 1 fully saturated rings. The number of aromatic hydroxyl groups is 1. The van der Waals surface area contributed by atoms with Crippen molar-refractivity contribution in [3.63, 3.8) is 0 Å². The average molecular weight is 263 g/mol. The quantitative estimate of drug-likeness (QED) is 0.823. The number of rotatable bonds is 6. The van der Waals surface area contributed by atoms with E-state index in [0.29, 0.717) is 5.75 Å². The van der Waals surface area contributed by atoms with Crippen LogP contribution in [0.4, 0.5) is 0 Å². The van der Waals surface area contributed by atoms with E-state index in [1.807, 2.05) is 6.07 Å². The topological polar surface area (TPSA) is 41.5 Å². The second-order valence-corrected chi connectivity index (χ2v) is 5.54. The molecule has 0 heterocycles. The van der Waals surface area contributed by atoms with Gasteiger partial charge in [0.05, 0.1) is 7.11 Å². The minimum Gasteiger partial charge on any atom is -0.508 e. The Bertz CT molecular complexity index is 400. The van der Waals surface area contributed by atoms with Crippen molar-refractivity contribution in [2.24, 2.45) is 5.92 Å². The van der Waals surface area contributed by atoms with Crippen LogP contribution in [0.3, 0.4) is 0 Å². The van der Waals surface area contributed by atoms with Crippen molar-refractivity contribution in [2.75, 3.05) is 13.7 Å². The van der Waals surface area contributed by atoms with Crippen LogP contribution in [0, 0.1) is 5.92 Å². The van der Waals surface area contributed by atoms with E-state index < -0.39 is 0 Å². The van der Waals surface area contributed by atoms with Crippen molar-refractivity contribution in [1.29, 1.82) is 0 Å². The van der Waals surface area contributed by atoms with E-state index in [1.165, 1.54) is 32.1 Å². The zero-order chi connectivity index (χ0) is 13.7. The highest BCUT2D eigenvalue weighted by atomic mass is 16.5. The van der Waals surface area contributed by atoms with Gasteiger partial charge in [-0.15, -0.1) is 0 Å². The van der Waals surface area contributed by atoms with Crippen molar-refractivity contribution < 1.29 is 9.84 Å². The van der Waals surface area contributed by atoms with Crippen LogP contribution < -0.4 is 10.1 Å². The van der Waals surface area contributed by atoms with Crippen LogP contribution in [0.25, 0.3) is 0 Å².